The molecule has 0 radical (unpaired) electrons. The maximum atomic E-state index is 13.2. The first kappa shape index (κ1) is 27.3. The van der Waals surface area contributed by atoms with E-state index in [0.717, 1.165) is 12.7 Å². The monoisotopic (exact) mass is 472 g/mol. The van der Waals surface area contributed by atoms with Crippen LogP contribution in [0, 0.1) is 0 Å². The number of hydrogen-bond donors (Lipinski definition) is 0. The van der Waals surface area contributed by atoms with Gasteiger partial charge in [-0.05, 0) is 13.0 Å². The molecule has 0 fully saturated rings. The molecular formula is C12H5F17. The minimum Gasteiger partial charge on any atom is -0.194 e. The van der Waals surface area contributed by atoms with E-state index in [0.29, 0.717) is 0 Å². The van der Waals surface area contributed by atoms with Crippen molar-refractivity contribution in [1.82, 2.24) is 0 Å². The minimum atomic E-state index is -8.60. The van der Waals surface area contributed by atoms with E-state index in [-0.39, 0.29) is 6.08 Å². The van der Waals surface area contributed by atoms with Crippen molar-refractivity contribution >= 4 is 0 Å². The van der Waals surface area contributed by atoms with Gasteiger partial charge in [-0.25, -0.2) is 0 Å². The number of alkyl halides is 17. The third kappa shape index (κ3) is 3.54. The summed E-state index contributed by atoms with van der Waals surface area (Å²) in [5, 5.41) is 0. The largest absolute Gasteiger partial charge is 0.460 e. The Balaban J connectivity index is 6.77. The SMILES string of the molecule is CC=C=CC(F)(F)C(F)(F)C(F)(F)C(F)(F)C(F)(F)C(F)(F)C(F)(F)C(F)(F)F. The zero-order valence-corrected chi connectivity index (χ0v) is 13.1. The molecule has 0 unspecified atom stereocenters. The van der Waals surface area contributed by atoms with Crippen molar-refractivity contribution in [3.05, 3.63) is 17.9 Å². The third-order valence-electron chi connectivity index (χ3n) is 3.18. The van der Waals surface area contributed by atoms with Crippen LogP contribution in [-0.4, -0.2) is 47.6 Å². The van der Waals surface area contributed by atoms with Crippen molar-refractivity contribution < 1.29 is 74.6 Å². The highest BCUT2D eigenvalue weighted by atomic mass is 19.4. The standard InChI is InChI=1S/C12H5F17/c1-2-3-4-5(13,14)6(15,16)7(17,18)8(19,20)9(21,22)10(23,24)11(25,26)12(27,28)29/h2,4H,1H3. The summed E-state index contributed by atoms with van der Waals surface area (Å²) >= 11 is 0. The van der Waals surface area contributed by atoms with Gasteiger partial charge in [-0.2, -0.15) is 74.6 Å². The first-order valence-corrected chi connectivity index (χ1v) is 6.41. The summed E-state index contributed by atoms with van der Waals surface area (Å²) in [7, 11) is 0. The normalized spacial score (nSPS) is 15.8. The average Bonchev–Trinajstić information content (AvgIpc) is 2.50. The molecule has 0 atom stereocenters. The van der Waals surface area contributed by atoms with Crippen LogP contribution in [0.5, 0.6) is 0 Å². The Labute approximate surface area is 148 Å². The van der Waals surface area contributed by atoms with E-state index in [1.807, 2.05) is 0 Å². The number of rotatable bonds is 7. The molecule has 0 aromatic heterocycles. The Kier molecular flexibility index (Phi) is 6.54. The van der Waals surface area contributed by atoms with E-state index in [1.165, 1.54) is 0 Å². The van der Waals surface area contributed by atoms with Crippen molar-refractivity contribution in [3.8, 4) is 0 Å². The van der Waals surface area contributed by atoms with Crippen LogP contribution in [0.4, 0.5) is 74.6 Å². The Hall–Kier alpha value is -1.67. The Bertz CT molecular complexity index is 658. The van der Waals surface area contributed by atoms with E-state index in [1.54, 1.807) is 0 Å². The van der Waals surface area contributed by atoms with Gasteiger partial charge in [-0.1, -0.05) is 0 Å². The van der Waals surface area contributed by atoms with Crippen LogP contribution >= 0.6 is 0 Å². The molecule has 0 spiro atoms. The predicted molar refractivity (Wildman–Crippen MR) is 59.0 cm³/mol. The average molecular weight is 472 g/mol. The molecule has 29 heavy (non-hydrogen) atoms. The van der Waals surface area contributed by atoms with Gasteiger partial charge in [0, 0.05) is 6.08 Å². The van der Waals surface area contributed by atoms with E-state index in [9.17, 15) is 74.6 Å². The van der Waals surface area contributed by atoms with Gasteiger partial charge >= 0.3 is 47.6 Å². The second-order valence-electron chi connectivity index (χ2n) is 5.17. The Morgan fingerprint density at radius 1 is 0.448 bits per heavy atom. The molecule has 0 bridgehead atoms. The van der Waals surface area contributed by atoms with Crippen LogP contribution < -0.4 is 0 Å². The smallest absolute Gasteiger partial charge is 0.194 e. The van der Waals surface area contributed by atoms with E-state index >= 15 is 0 Å². The first-order chi connectivity index (χ1) is 12.3. The summed E-state index contributed by atoms with van der Waals surface area (Å²) in [6.45, 7) is 0.728. The summed E-state index contributed by atoms with van der Waals surface area (Å²) in [5.41, 5.74) is 0.969. The second-order valence-corrected chi connectivity index (χ2v) is 5.17. The third-order valence-corrected chi connectivity index (χ3v) is 3.18. The summed E-state index contributed by atoms with van der Waals surface area (Å²) in [5.74, 6) is -56.3. The van der Waals surface area contributed by atoms with Gasteiger partial charge in [-0.15, -0.1) is 5.73 Å². The topological polar surface area (TPSA) is 0 Å². The van der Waals surface area contributed by atoms with E-state index in [4.69, 9.17) is 0 Å². The molecule has 17 heteroatoms. The fourth-order valence-corrected chi connectivity index (χ4v) is 1.45. The van der Waals surface area contributed by atoms with E-state index < -0.39 is 53.7 Å². The molecule has 0 nitrogen and oxygen atoms in total. The van der Waals surface area contributed by atoms with Crippen molar-refractivity contribution in [2.75, 3.05) is 0 Å². The lowest BCUT2D eigenvalue weighted by Gasteiger charge is -2.42. The van der Waals surface area contributed by atoms with Crippen LogP contribution in [0.25, 0.3) is 0 Å². The molecule has 0 rings (SSSR count). The minimum absolute atomic E-state index is 0.285. The number of hydrogen-bond acceptors (Lipinski definition) is 0. The van der Waals surface area contributed by atoms with Crippen LogP contribution in [0.1, 0.15) is 6.92 Å². The maximum absolute atomic E-state index is 13.2. The fraction of sp³-hybridized carbons (Fsp3) is 0.750. The summed E-state index contributed by atoms with van der Waals surface area (Å²) in [6.07, 6.45) is -8.85. The van der Waals surface area contributed by atoms with Crippen molar-refractivity contribution in [3.63, 3.8) is 0 Å². The van der Waals surface area contributed by atoms with Gasteiger partial charge in [0.25, 0.3) is 0 Å². The molecule has 0 amide bonds. The second kappa shape index (κ2) is 6.94. The van der Waals surface area contributed by atoms with Crippen LogP contribution in [0.2, 0.25) is 0 Å². The quantitative estimate of drug-likeness (QED) is 0.285. The van der Waals surface area contributed by atoms with Gasteiger partial charge < -0.3 is 0 Å². The molecule has 0 aliphatic carbocycles. The fourth-order valence-electron chi connectivity index (χ4n) is 1.45. The highest BCUT2D eigenvalue weighted by Crippen LogP contribution is 2.63. The molecule has 0 aromatic carbocycles. The molecule has 0 saturated heterocycles. The van der Waals surface area contributed by atoms with Crippen molar-refractivity contribution in [2.24, 2.45) is 0 Å². The Morgan fingerprint density at radius 2 is 0.724 bits per heavy atom. The predicted octanol–water partition coefficient (Wildman–Crippen LogP) is 6.73. The first-order valence-electron chi connectivity index (χ1n) is 6.41. The zero-order chi connectivity index (χ0) is 24.1. The molecule has 0 aliphatic rings. The molecule has 0 aromatic rings. The number of allylic oxidation sites excluding steroid dienone is 1. The molecular weight excluding hydrogens is 467 g/mol. The lowest BCUT2D eigenvalue weighted by atomic mass is 9.89. The Morgan fingerprint density at radius 3 is 1.00 bits per heavy atom. The van der Waals surface area contributed by atoms with Gasteiger partial charge in [-0.3, -0.25) is 0 Å². The zero-order valence-electron chi connectivity index (χ0n) is 13.1. The van der Waals surface area contributed by atoms with Crippen LogP contribution in [0.15, 0.2) is 17.9 Å². The maximum Gasteiger partial charge on any atom is 0.460 e. The van der Waals surface area contributed by atoms with Crippen LogP contribution in [-0.2, 0) is 0 Å². The molecule has 172 valence electrons. The van der Waals surface area contributed by atoms with Gasteiger partial charge in [0.15, 0.2) is 0 Å². The highest BCUT2D eigenvalue weighted by molar-refractivity contribution is 5.17. The summed E-state index contributed by atoms with van der Waals surface area (Å²) < 4.78 is 218. The molecule has 0 saturated carbocycles. The van der Waals surface area contributed by atoms with Crippen molar-refractivity contribution in [1.29, 1.82) is 0 Å². The summed E-state index contributed by atoms with van der Waals surface area (Å²) in [6, 6.07) is 0. The van der Waals surface area contributed by atoms with Gasteiger partial charge in [0.1, 0.15) is 0 Å². The van der Waals surface area contributed by atoms with Gasteiger partial charge in [0.2, 0.25) is 0 Å². The molecule has 0 N–H and O–H groups in total. The highest BCUT2D eigenvalue weighted by Gasteiger charge is 2.95. The summed E-state index contributed by atoms with van der Waals surface area (Å²) in [4.78, 5) is 0. The van der Waals surface area contributed by atoms with Gasteiger partial charge in [0.05, 0.1) is 0 Å². The van der Waals surface area contributed by atoms with E-state index in [2.05, 4.69) is 0 Å². The van der Waals surface area contributed by atoms with Crippen molar-refractivity contribution in [2.45, 2.75) is 54.6 Å². The lowest BCUT2D eigenvalue weighted by Crippen LogP contribution is -2.74. The lowest BCUT2D eigenvalue weighted by molar-refractivity contribution is -0.459. The molecule has 0 aliphatic heterocycles. The van der Waals surface area contributed by atoms with Crippen LogP contribution in [0.3, 0.4) is 0 Å². The number of halogens is 17. The molecule has 0 heterocycles.